The van der Waals surface area contributed by atoms with Gasteiger partial charge < -0.3 is 15.5 Å². The Morgan fingerprint density at radius 1 is 1.50 bits per heavy atom. The lowest BCUT2D eigenvalue weighted by atomic mass is 10.0. The van der Waals surface area contributed by atoms with Gasteiger partial charge in [-0.2, -0.15) is 0 Å². The number of rotatable bonds is 5. The number of carbonyl (C=O) groups excluding carboxylic acids is 1. The fourth-order valence-corrected chi connectivity index (χ4v) is 1.80. The number of aliphatic hydroxyl groups is 2. The molecule has 2 unspecified atom stereocenters. The average molecular weight is 273 g/mol. The molecule has 1 aromatic heterocycles. The molecule has 1 rings (SSSR count). The first-order valence-electron chi connectivity index (χ1n) is 5.65. The van der Waals surface area contributed by atoms with Crippen molar-refractivity contribution in [2.24, 2.45) is 0 Å². The summed E-state index contributed by atoms with van der Waals surface area (Å²) in [6, 6.07) is 3.20. The third kappa shape index (κ3) is 4.25. The van der Waals surface area contributed by atoms with Crippen molar-refractivity contribution >= 4 is 17.5 Å². The van der Waals surface area contributed by atoms with Crippen LogP contribution in [-0.2, 0) is 4.79 Å². The van der Waals surface area contributed by atoms with Crippen LogP contribution in [-0.4, -0.2) is 33.8 Å². The predicted molar refractivity (Wildman–Crippen MR) is 68.3 cm³/mol. The van der Waals surface area contributed by atoms with Crippen molar-refractivity contribution in [3.05, 3.63) is 28.5 Å². The molecular formula is C12H17ClN2O3. The maximum absolute atomic E-state index is 10.7. The second-order valence-electron chi connectivity index (χ2n) is 4.09. The summed E-state index contributed by atoms with van der Waals surface area (Å²) in [7, 11) is 0. The van der Waals surface area contributed by atoms with E-state index < -0.39 is 12.2 Å². The van der Waals surface area contributed by atoms with Gasteiger partial charge in [0.05, 0.1) is 6.10 Å². The fourth-order valence-electron chi connectivity index (χ4n) is 1.62. The zero-order chi connectivity index (χ0) is 13.7. The van der Waals surface area contributed by atoms with E-state index in [2.05, 4.69) is 10.3 Å². The van der Waals surface area contributed by atoms with Crippen LogP contribution < -0.4 is 5.32 Å². The quantitative estimate of drug-likeness (QED) is 0.698. The smallest absolute Gasteiger partial charge is 0.216 e. The topological polar surface area (TPSA) is 82.5 Å². The number of pyridine rings is 1. The van der Waals surface area contributed by atoms with Crippen molar-refractivity contribution in [3.8, 4) is 0 Å². The minimum Gasteiger partial charge on any atom is -0.390 e. The maximum Gasteiger partial charge on any atom is 0.216 e. The van der Waals surface area contributed by atoms with E-state index in [1.807, 2.05) is 0 Å². The van der Waals surface area contributed by atoms with Gasteiger partial charge in [-0.25, -0.2) is 4.98 Å². The number of nitrogens with zero attached hydrogens (tertiary/aromatic N) is 1. The van der Waals surface area contributed by atoms with E-state index in [0.29, 0.717) is 23.0 Å². The van der Waals surface area contributed by atoms with Crippen molar-refractivity contribution < 1.29 is 15.0 Å². The molecule has 0 aliphatic heterocycles. The normalized spacial score (nSPS) is 14.1. The van der Waals surface area contributed by atoms with Crippen LogP contribution >= 0.6 is 11.6 Å². The van der Waals surface area contributed by atoms with Crippen molar-refractivity contribution in [2.45, 2.75) is 32.5 Å². The molecule has 0 bridgehead atoms. The van der Waals surface area contributed by atoms with E-state index in [9.17, 15) is 15.0 Å². The highest BCUT2D eigenvalue weighted by atomic mass is 35.5. The maximum atomic E-state index is 10.7. The zero-order valence-electron chi connectivity index (χ0n) is 10.4. The number of amides is 1. The summed E-state index contributed by atoms with van der Waals surface area (Å²) < 4.78 is 0. The second kappa shape index (κ2) is 6.68. The molecule has 3 N–H and O–H groups in total. The summed E-state index contributed by atoms with van der Waals surface area (Å²) >= 11 is 5.72. The molecule has 18 heavy (non-hydrogen) atoms. The van der Waals surface area contributed by atoms with Crippen molar-refractivity contribution in [3.63, 3.8) is 0 Å². The third-order valence-electron chi connectivity index (χ3n) is 2.59. The molecule has 0 aliphatic rings. The molecule has 0 radical (unpaired) electrons. The Balaban J connectivity index is 2.62. The lowest BCUT2D eigenvalue weighted by molar-refractivity contribution is -0.119. The number of aliphatic hydroxyl groups excluding tert-OH is 2. The summed E-state index contributed by atoms with van der Waals surface area (Å²) in [5.41, 5.74) is 1.11. The molecule has 6 heteroatoms. The minimum absolute atomic E-state index is 0.166. The Labute approximate surface area is 111 Å². The number of hydrogen-bond donors (Lipinski definition) is 3. The summed E-state index contributed by atoms with van der Waals surface area (Å²) in [5, 5.41) is 22.7. The van der Waals surface area contributed by atoms with Gasteiger partial charge in [0.15, 0.2) is 0 Å². The molecule has 2 atom stereocenters. The number of hydrogen-bond acceptors (Lipinski definition) is 4. The van der Waals surface area contributed by atoms with E-state index in [4.69, 9.17) is 11.6 Å². The molecule has 100 valence electrons. The van der Waals surface area contributed by atoms with Gasteiger partial charge in [-0.15, -0.1) is 0 Å². The van der Waals surface area contributed by atoms with Gasteiger partial charge in [-0.05, 0) is 19.4 Å². The van der Waals surface area contributed by atoms with Crippen LogP contribution in [0.4, 0.5) is 0 Å². The molecule has 0 aromatic carbocycles. The van der Waals surface area contributed by atoms with E-state index >= 15 is 0 Å². The standard InChI is InChI=1S/C12H17ClN2O3/c1-7-9(3-4-11(13)15-7)12(18)10(17)5-6-14-8(2)16/h3-4,10,12,17-18H,5-6H2,1-2H3,(H,14,16). The van der Waals surface area contributed by atoms with Gasteiger partial charge in [0.25, 0.3) is 0 Å². The first-order valence-corrected chi connectivity index (χ1v) is 6.03. The second-order valence-corrected chi connectivity index (χ2v) is 4.48. The van der Waals surface area contributed by atoms with E-state index in [1.54, 1.807) is 19.1 Å². The average Bonchev–Trinajstić information content (AvgIpc) is 2.27. The SMILES string of the molecule is CC(=O)NCCC(O)C(O)c1ccc(Cl)nc1C. The summed E-state index contributed by atoms with van der Waals surface area (Å²) in [6.45, 7) is 3.43. The Hall–Kier alpha value is -1.17. The molecule has 0 saturated carbocycles. The molecule has 1 heterocycles. The Kier molecular flexibility index (Phi) is 5.53. The van der Waals surface area contributed by atoms with Crippen molar-refractivity contribution in [1.82, 2.24) is 10.3 Å². The summed E-state index contributed by atoms with van der Waals surface area (Å²) in [6.07, 6.45) is -1.73. The molecule has 0 spiro atoms. The van der Waals surface area contributed by atoms with Crippen LogP contribution in [0.5, 0.6) is 0 Å². The summed E-state index contributed by atoms with van der Waals surface area (Å²) in [5.74, 6) is -0.166. The Bertz CT molecular complexity index is 426. The third-order valence-corrected chi connectivity index (χ3v) is 2.80. The van der Waals surface area contributed by atoms with Crippen LogP contribution in [0.15, 0.2) is 12.1 Å². The molecule has 1 aromatic rings. The molecule has 0 fully saturated rings. The van der Waals surface area contributed by atoms with Gasteiger partial charge in [0.2, 0.25) is 5.91 Å². The van der Waals surface area contributed by atoms with E-state index in [1.165, 1.54) is 6.92 Å². The molecule has 0 saturated heterocycles. The highest BCUT2D eigenvalue weighted by Crippen LogP contribution is 2.22. The van der Waals surface area contributed by atoms with Crippen molar-refractivity contribution in [2.75, 3.05) is 6.54 Å². The van der Waals surface area contributed by atoms with E-state index in [0.717, 1.165) is 0 Å². The lowest BCUT2D eigenvalue weighted by Gasteiger charge is -2.19. The number of halogens is 1. The van der Waals surface area contributed by atoms with Gasteiger partial charge in [-0.1, -0.05) is 17.7 Å². The number of aryl methyl sites for hydroxylation is 1. The van der Waals surface area contributed by atoms with Crippen LogP contribution in [0.3, 0.4) is 0 Å². The monoisotopic (exact) mass is 272 g/mol. The highest BCUT2D eigenvalue weighted by molar-refractivity contribution is 6.29. The number of nitrogens with one attached hydrogen (secondary N) is 1. The van der Waals surface area contributed by atoms with Crippen LogP contribution in [0.1, 0.15) is 30.7 Å². The predicted octanol–water partition coefficient (Wildman–Crippen LogP) is 0.964. The van der Waals surface area contributed by atoms with Gasteiger partial charge in [-0.3, -0.25) is 4.79 Å². The number of carbonyl (C=O) groups is 1. The molecule has 0 aliphatic carbocycles. The van der Waals surface area contributed by atoms with Crippen molar-refractivity contribution in [1.29, 1.82) is 0 Å². The molecular weight excluding hydrogens is 256 g/mol. The zero-order valence-corrected chi connectivity index (χ0v) is 11.1. The van der Waals surface area contributed by atoms with Crippen LogP contribution in [0.2, 0.25) is 5.15 Å². The summed E-state index contributed by atoms with van der Waals surface area (Å²) in [4.78, 5) is 14.7. The lowest BCUT2D eigenvalue weighted by Crippen LogP contribution is -2.28. The Morgan fingerprint density at radius 2 is 2.17 bits per heavy atom. The number of aromatic nitrogens is 1. The first kappa shape index (κ1) is 14.9. The first-order chi connectivity index (χ1) is 8.41. The highest BCUT2D eigenvalue weighted by Gasteiger charge is 2.20. The van der Waals surface area contributed by atoms with Gasteiger partial charge in [0.1, 0.15) is 11.3 Å². The van der Waals surface area contributed by atoms with Crippen LogP contribution in [0.25, 0.3) is 0 Å². The minimum atomic E-state index is -1.04. The van der Waals surface area contributed by atoms with Gasteiger partial charge in [0, 0.05) is 24.7 Å². The Morgan fingerprint density at radius 3 is 2.72 bits per heavy atom. The molecule has 5 nitrogen and oxygen atoms in total. The van der Waals surface area contributed by atoms with Crippen LogP contribution in [0, 0.1) is 6.92 Å². The largest absolute Gasteiger partial charge is 0.390 e. The fraction of sp³-hybridized carbons (Fsp3) is 0.500. The van der Waals surface area contributed by atoms with E-state index in [-0.39, 0.29) is 12.3 Å². The van der Waals surface area contributed by atoms with Gasteiger partial charge >= 0.3 is 0 Å². The molecule has 1 amide bonds.